The van der Waals surface area contributed by atoms with E-state index in [-0.39, 0.29) is 5.91 Å². The predicted octanol–water partition coefficient (Wildman–Crippen LogP) is 2.34. The number of carbonyl (C=O) groups is 1. The average Bonchev–Trinajstić information content (AvgIpc) is 2.95. The van der Waals surface area contributed by atoms with E-state index in [1.807, 2.05) is 6.92 Å². The molecule has 124 valence electrons. The van der Waals surface area contributed by atoms with Gasteiger partial charge in [-0.1, -0.05) is 6.92 Å². The summed E-state index contributed by atoms with van der Waals surface area (Å²) in [7, 11) is 0. The number of thiazole rings is 1. The molecule has 1 aromatic heterocycles. The molecule has 0 saturated carbocycles. The largest absolute Gasteiger partial charge is 0.317 e. The molecule has 1 fully saturated rings. The predicted molar refractivity (Wildman–Crippen MR) is 92.4 cm³/mol. The van der Waals surface area contributed by atoms with E-state index >= 15 is 0 Å². The van der Waals surface area contributed by atoms with Gasteiger partial charge in [0.15, 0.2) is 5.13 Å². The summed E-state index contributed by atoms with van der Waals surface area (Å²) < 4.78 is 0. The third kappa shape index (κ3) is 4.76. The number of nitrogens with zero attached hydrogens (tertiary/aromatic N) is 3. The van der Waals surface area contributed by atoms with Crippen molar-refractivity contribution in [3.8, 4) is 0 Å². The topological polar surface area (TPSA) is 48.5 Å². The Morgan fingerprint density at radius 3 is 2.77 bits per heavy atom. The third-order valence-corrected chi connectivity index (χ3v) is 5.16. The lowest BCUT2D eigenvalue weighted by molar-refractivity contribution is -0.116. The van der Waals surface area contributed by atoms with E-state index in [1.54, 1.807) is 23.2 Å². The highest BCUT2D eigenvalue weighted by molar-refractivity contribution is 7.14. The molecule has 1 aliphatic rings. The van der Waals surface area contributed by atoms with Crippen LogP contribution in [-0.4, -0.2) is 48.5 Å². The number of likely N-dealkylation sites (tertiary alicyclic amines) is 1. The van der Waals surface area contributed by atoms with Crippen molar-refractivity contribution in [3.63, 3.8) is 0 Å². The maximum Gasteiger partial charge on any atom is 0.225 e. The fourth-order valence-electron chi connectivity index (χ4n) is 2.91. The van der Waals surface area contributed by atoms with Gasteiger partial charge in [0.25, 0.3) is 0 Å². The highest BCUT2D eigenvalue weighted by atomic mass is 32.1. The molecule has 6 heteroatoms. The van der Waals surface area contributed by atoms with Crippen LogP contribution in [0.3, 0.4) is 0 Å². The van der Waals surface area contributed by atoms with Crippen LogP contribution in [0.5, 0.6) is 0 Å². The van der Waals surface area contributed by atoms with Gasteiger partial charge < -0.3 is 5.32 Å². The van der Waals surface area contributed by atoms with Gasteiger partial charge in [0.1, 0.15) is 0 Å². The third-order valence-electron chi connectivity index (χ3n) is 4.24. The van der Waals surface area contributed by atoms with Crippen molar-refractivity contribution in [2.24, 2.45) is 5.92 Å². The normalized spacial score (nSPS) is 16.9. The second kappa shape index (κ2) is 8.60. The van der Waals surface area contributed by atoms with Crippen LogP contribution in [0.15, 0.2) is 5.38 Å². The van der Waals surface area contributed by atoms with Crippen LogP contribution in [0.4, 0.5) is 5.13 Å². The van der Waals surface area contributed by atoms with Crippen LogP contribution in [-0.2, 0) is 11.3 Å². The molecule has 1 aromatic rings. The fourth-order valence-corrected chi connectivity index (χ4v) is 3.84. The first-order valence-electron chi connectivity index (χ1n) is 8.29. The Morgan fingerprint density at radius 2 is 2.18 bits per heavy atom. The zero-order valence-electron chi connectivity index (χ0n) is 14.0. The van der Waals surface area contributed by atoms with E-state index in [9.17, 15) is 4.79 Å². The molecule has 2 heterocycles. The van der Waals surface area contributed by atoms with Gasteiger partial charge in [-0.05, 0) is 51.9 Å². The lowest BCUT2D eigenvalue weighted by Gasteiger charge is -2.31. The number of piperidine rings is 1. The fraction of sp³-hybridized carbons (Fsp3) is 0.750. The second-order valence-corrected chi connectivity index (χ2v) is 6.75. The summed E-state index contributed by atoms with van der Waals surface area (Å²) in [5, 5.41) is 6.36. The highest BCUT2D eigenvalue weighted by Crippen LogP contribution is 2.23. The molecule has 22 heavy (non-hydrogen) atoms. The van der Waals surface area contributed by atoms with Crippen molar-refractivity contribution in [1.29, 1.82) is 0 Å². The molecule has 5 nitrogen and oxygen atoms in total. The number of aromatic nitrogens is 1. The first-order valence-corrected chi connectivity index (χ1v) is 9.17. The van der Waals surface area contributed by atoms with Crippen molar-refractivity contribution < 1.29 is 4.79 Å². The van der Waals surface area contributed by atoms with Crippen molar-refractivity contribution in [1.82, 2.24) is 15.2 Å². The Kier molecular flexibility index (Phi) is 6.79. The molecule has 1 saturated heterocycles. The summed E-state index contributed by atoms with van der Waals surface area (Å²) in [6, 6.07) is 0. The summed E-state index contributed by atoms with van der Waals surface area (Å²) in [5.74, 6) is 0.878. The van der Waals surface area contributed by atoms with Crippen molar-refractivity contribution in [2.45, 2.75) is 40.2 Å². The number of carbonyl (C=O) groups excluding carboxylic acids is 1. The number of amides is 1. The molecule has 0 unspecified atom stereocenters. The number of hydrogen-bond donors (Lipinski definition) is 1. The zero-order chi connectivity index (χ0) is 15.9. The Labute approximate surface area is 137 Å². The Balaban J connectivity index is 1.83. The highest BCUT2D eigenvalue weighted by Gasteiger charge is 2.20. The van der Waals surface area contributed by atoms with E-state index in [2.05, 4.69) is 27.5 Å². The maximum atomic E-state index is 11.6. The molecule has 0 spiro atoms. The second-order valence-electron chi connectivity index (χ2n) is 5.91. The minimum absolute atomic E-state index is 0.0626. The van der Waals surface area contributed by atoms with Gasteiger partial charge in [-0.2, -0.15) is 0 Å². The average molecular weight is 324 g/mol. The number of hydrogen-bond acceptors (Lipinski definition) is 5. The van der Waals surface area contributed by atoms with Gasteiger partial charge in [0, 0.05) is 25.4 Å². The summed E-state index contributed by atoms with van der Waals surface area (Å²) in [5.41, 5.74) is 1.09. The molecular weight excluding hydrogens is 296 g/mol. The van der Waals surface area contributed by atoms with Crippen LogP contribution in [0.1, 0.15) is 39.3 Å². The quantitative estimate of drug-likeness (QED) is 0.836. The zero-order valence-corrected chi connectivity index (χ0v) is 14.8. The smallest absolute Gasteiger partial charge is 0.225 e. The summed E-state index contributed by atoms with van der Waals surface area (Å²) >= 11 is 1.57. The minimum atomic E-state index is 0.0626. The molecule has 0 aliphatic carbocycles. The van der Waals surface area contributed by atoms with Crippen molar-refractivity contribution in [3.05, 3.63) is 11.1 Å². The van der Waals surface area contributed by atoms with E-state index in [0.717, 1.165) is 49.5 Å². The molecule has 1 N–H and O–H groups in total. The lowest BCUT2D eigenvalue weighted by atomic mass is 9.97. The number of nitrogens with one attached hydrogen (secondary N) is 1. The summed E-state index contributed by atoms with van der Waals surface area (Å²) in [6.07, 6.45) is 2.52. The van der Waals surface area contributed by atoms with Crippen LogP contribution in [0.25, 0.3) is 0 Å². The Morgan fingerprint density at radius 1 is 1.45 bits per heavy atom. The van der Waals surface area contributed by atoms with Gasteiger partial charge in [-0.15, -0.1) is 11.3 Å². The number of rotatable bonds is 7. The number of anilines is 1. The standard InChI is InChI=1S/C16H28N4OS/c1-4-17-10-14-6-8-19(9-7-14)11-15-12-22-16(18-15)20(5-2)13(3)21/h12,14,17H,4-11H2,1-3H3. The van der Waals surface area contributed by atoms with Gasteiger partial charge >= 0.3 is 0 Å². The van der Waals surface area contributed by atoms with E-state index < -0.39 is 0 Å². The van der Waals surface area contributed by atoms with Gasteiger partial charge in [-0.25, -0.2) is 4.98 Å². The van der Waals surface area contributed by atoms with Crippen LogP contribution in [0.2, 0.25) is 0 Å². The SMILES string of the molecule is CCNCC1CCN(Cc2csc(N(CC)C(C)=O)n2)CC1. The molecule has 0 aromatic carbocycles. The van der Waals surface area contributed by atoms with E-state index in [4.69, 9.17) is 0 Å². The molecule has 0 bridgehead atoms. The van der Waals surface area contributed by atoms with Gasteiger partial charge in [-0.3, -0.25) is 14.6 Å². The summed E-state index contributed by atoms with van der Waals surface area (Å²) in [4.78, 5) is 20.4. The summed E-state index contributed by atoms with van der Waals surface area (Å²) in [6.45, 7) is 11.8. The molecule has 1 amide bonds. The van der Waals surface area contributed by atoms with Crippen molar-refractivity contribution in [2.75, 3.05) is 37.6 Å². The first kappa shape index (κ1) is 17.4. The Bertz CT molecular complexity index is 468. The van der Waals surface area contributed by atoms with Crippen molar-refractivity contribution >= 4 is 22.4 Å². The molecule has 1 aliphatic heterocycles. The van der Waals surface area contributed by atoms with Gasteiger partial charge in [0.2, 0.25) is 5.91 Å². The van der Waals surface area contributed by atoms with E-state index in [1.165, 1.54) is 12.8 Å². The monoisotopic (exact) mass is 324 g/mol. The molecule has 0 atom stereocenters. The molecule has 0 radical (unpaired) electrons. The van der Waals surface area contributed by atoms with Crippen LogP contribution < -0.4 is 10.2 Å². The van der Waals surface area contributed by atoms with E-state index in [0.29, 0.717) is 6.54 Å². The molecule has 2 rings (SSSR count). The Hall–Kier alpha value is -0.980. The minimum Gasteiger partial charge on any atom is -0.317 e. The maximum absolute atomic E-state index is 11.6. The first-order chi connectivity index (χ1) is 10.6. The van der Waals surface area contributed by atoms with Crippen LogP contribution in [0, 0.1) is 5.92 Å². The van der Waals surface area contributed by atoms with Gasteiger partial charge in [0.05, 0.1) is 5.69 Å². The van der Waals surface area contributed by atoms with Crippen LogP contribution >= 0.6 is 11.3 Å². The molecular formula is C16H28N4OS. The lowest BCUT2D eigenvalue weighted by Crippen LogP contribution is -2.37.